The lowest BCUT2D eigenvalue weighted by molar-refractivity contribution is -0.384. The van der Waals surface area contributed by atoms with Gasteiger partial charge in [-0.25, -0.2) is 4.79 Å². The van der Waals surface area contributed by atoms with Crippen molar-refractivity contribution >= 4 is 23.5 Å². The maximum absolute atomic E-state index is 12.5. The fraction of sp³-hybridized carbons (Fsp3) is 0.100. The van der Waals surface area contributed by atoms with Crippen LogP contribution in [0.15, 0.2) is 60.9 Å². The SMILES string of the molecule is C=CCOC(=O)COc1ccc2c(c1)O/C(=C\c1cccc([N+](=O)[O-])c1)C2=O. The second kappa shape index (κ2) is 8.17. The first-order valence-corrected chi connectivity index (χ1v) is 8.20. The van der Waals surface area contributed by atoms with E-state index in [0.717, 1.165) is 0 Å². The van der Waals surface area contributed by atoms with E-state index in [-0.39, 0.29) is 36.2 Å². The van der Waals surface area contributed by atoms with Gasteiger partial charge in [0.15, 0.2) is 12.4 Å². The summed E-state index contributed by atoms with van der Waals surface area (Å²) >= 11 is 0. The molecule has 2 aromatic carbocycles. The molecule has 142 valence electrons. The van der Waals surface area contributed by atoms with Crippen molar-refractivity contribution in [3.63, 3.8) is 0 Å². The number of rotatable bonds is 7. The van der Waals surface area contributed by atoms with Gasteiger partial charge in [-0.2, -0.15) is 0 Å². The summed E-state index contributed by atoms with van der Waals surface area (Å²) in [6.45, 7) is 3.24. The van der Waals surface area contributed by atoms with Gasteiger partial charge >= 0.3 is 5.97 Å². The first-order valence-electron chi connectivity index (χ1n) is 8.20. The lowest BCUT2D eigenvalue weighted by atomic mass is 10.1. The highest BCUT2D eigenvalue weighted by atomic mass is 16.6. The Balaban J connectivity index is 1.74. The van der Waals surface area contributed by atoms with Crippen LogP contribution in [-0.4, -0.2) is 29.9 Å². The lowest BCUT2D eigenvalue weighted by Gasteiger charge is -2.06. The highest BCUT2D eigenvalue weighted by Crippen LogP contribution is 2.35. The van der Waals surface area contributed by atoms with E-state index in [9.17, 15) is 19.7 Å². The zero-order valence-corrected chi connectivity index (χ0v) is 14.6. The third-order valence-corrected chi connectivity index (χ3v) is 3.74. The van der Waals surface area contributed by atoms with Gasteiger partial charge in [0.25, 0.3) is 5.69 Å². The maximum atomic E-state index is 12.5. The van der Waals surface area contributed by atoms with Crippen molar-refractivity contribution in [3.05, 3.63) is 82.1 Å². The number of hydrogen-bond acceptors (Lipinski definition) is 7. The molecule has 0 saturated heterocycles. The first kappa shape index (κ1) is 18.8. The van der Waals surface area contributed by atoms with Gasteiger partial charge in [0, 0.05) is 18.2 Å². The monoisotopic (exact) mass is 381 g/mol. The van der Waals surface area contributed by atoms with E-state index < -0.39 is 10.9 Å². The molecule has 2 aromatic rings. The topological polar surface area (TPSA) is 105 Å². The van der Waals surface area contributed by atoms with Crippen LogP contribution < -0.4 is 9.47 Å². The molecular formula is C20H15NO7. The fourth-order valence-electron chi connectivity index (χ4n) is 2.47. The van der Waals surface area contributed by atoms with E-state index >= 15 is 0 Å². The molecule has 0 amide bonds. The van der Waals surface area contributed by atoms with Crippen LogP contribution in [0.4, 0.5) is 5.69 Å². The quantitative estimate of drug-likeness (QED) is 0.238. The highest BCUT2D eigenvalue weighted by Gasteiger charge is 2.28. The highest BCUT2D eigenvalue weighted by molar-refractivity contribution is 6.14. The predicted octanol–water partition coefficient (Wildman–Crippen LogP) is 3.32. The average molecular weight is 381 g/mol. The number of carbonyl (C=O) groups excluding carboxylic acids is 2. The van der Waals surface area contributed by atoms with Crippen LogP contribution in [0, 0.1) is 10.1 Å². The molecule has 0 radical (unpaired) electrons. The third-order valence-electron chi connectivity index (χ3n) is 3.74. The van der Waals surface area contributed by atoms with Gasteiger partial charge in [0.2, 0.25) is 5.78 Å². The van der Waals surface area contributed by atoms with Crippen molar-refractivity contribution in [2.45, 2.75) is 0 Å². The summed E-state index contributed by atoms with van der Waals surface area (Å²) in [6, 6.07) is 10.4. The molecule has 0 fully saturated rings. The Bertz CT molecular complexity index is 994. The number of ketones is 1. The Labute approximate surface area is 159 Å². The van der Waals surface area contributed by atoms with E-state index in [4.69, 9.17) is 14.2 Å². The number of nitro benzene ring substituents is 1. The molecule has 0 N–H and O–H groups in total. The molecule has 28 heavy (non-hydrogen) atoms. The fourth-order valence-corrected chi connectivity index (χ4v) is 2.47. The van der Waals surface area contributed by atoms with Gasteiger partial charge in [-0.1, -0.05) is 24.8 Å². The van der Waals surface area contributed by atoms with E-state index in [1.807, 2.05) is 0 Å². The van der Waals surface area contributed by atoms with Gasteiger partial charge in [0.1, 0.15) is 18.1 Å². The molecule has 0 aromatic heterocycles. The lowest BCUT2D eigenvalue weighted by Crippen LogP contribution is -2.14. The second-order valence-electron chi connectivity index (χ2n) is 5.71. The summed E-state index contributed by atoms with van der Waals surface area (Å²) in [6.07, 6.45) is 2.88. The number of nitro groups is 1. The summed E-state index contributed by atoms with van der Waals surface area (Å²) in [7, 11) is 0. The van der Waals surface area contributed by atoms with Crippen LogP contribution >= 0.6 is 0 Å². The number of ether oxygens (including phenoxy) is 3. The molecule has 0 spiro atoms. The molecule has 0 saturated carbocycles. The van der Waals surface area contributed by atoms with Gasteiger partial charge in [-0.3, -0.25) is 14.9 Å². The minimum absolute atomic E-state index is 0.0399. The smallest absolute Gasteiger partial charge is 0.344 e. The molecule has 3 rings (SSSR count). The molecule has 0 bridgehead atoms. The molecular weight excluding hydrogens is 366 g/mol. The van der Waals surface area contributed by atoms with Gasteiger partial charge in [-0.15, -0.1) is 0 Å². The maximum Gasteiger partial charge on any atom is 0.344 e. The molecule has 0 aliphatic carbocycles. The molecule has 1 aliphatic heterocycles. The minimum Gasteiger partial charge on any atom is -0.482 e. The summed E-state index contributed by atoms with van der Waals surface area (Å²) in [5, 5.41) is 10.9. The number of esters is 1. The van der Waals surface area contributed by atoms with Crippen LogP contribution in [0.1, 0.15) is 15.9 Å². The molecule has 0 unspecified atom stereocenters. The largest absolute Gasteiger partial charge is 0.482 e. The number of carbonyl (C=O) groups is 2. The molecule has 8 nitrogen and oxygen atoms in total. The summed E-state index contributed by atoms with van der Waals surface area (Å²) in [5.41, 5.74) is 0.710. The Morgan fingerprint density at radius 1 is 1.25 bits per heavy atom. The van der Waals surface area contributed by atoms with Crippen molar-refractivity contribution < 1.29 is 28.7 Å². The number of hydrogen-bond donors (Lipinski definition) is 0. The second-order valence-corrected chi connectivity index (χ2v) is 5.71. The summed E-state index contributed by atoms with van der Waals surface area (Å²) < 4.78 is 15.7. The number of Topliss-reactive ketones (excluding diaryl/α,β-unsaturated/α-hetero) is 1. The van der Waals surface area contributed by atoms with Crippen LogP contribution in [0.5, 0.6) is 11.5 Å². The van der Waals surface area contributed by atoms with E-state index in [2.05, 4.69) is 6.58 Å². The van der Waals surface area contributed by atoms with Gasteiger partial charge < -0.3 is 14.2 Å². The van der Waals surface area contributed by atoms with Crippen LogP contribution in [-0.2, 0) is 9.53 Å². The number of benzene rings is 2. The van der Waals surface area contributed by atoms with Crippen molar-refractivity contribution in [1.29, 1.82) is 0 Å². The third kappa shape index (κ3) is 4.24. The van der Waals surface area contributed by atoms with Crippen LogP contribution in [0.2, 0.25) is 0 Å². The van der Waals surface area contributed by atoms with E-state index in [1.54, 1.807) is 6.07 Å². The van der Waals surface area contributed by atoms with Crippen molar-refractivity contribution in [2.24, 2.45) is 0 Å². The normalized spacial score (nSPS) is 13.6. The molecule has 0 atom stereocenters. The summed E-state index contributed by atoms with van der Waals surface area (Å²) in [5.74, 6) is -0.252. The Morgan fingerprint density at radius 2 is 2.07 bits per heavy atom. The molecule has 8 heteroatoms. The Morgan fingerprint density at radius 3 is 2.82 bits per heavy atom. The number of non-ortho nitro benzene ring substituents is 1. The van der Waals surface area contributed by atoms with Crippen LogP contribution in [0.3, 0.4) is 0 Å². The predicted molar refractivity (Wildman–Crippen MR) is 99.1 cm³/mol. The van der Waals surface area contributed by atoms with E-state index in [0.29, 0.717) is 16.9 Å². The number of fused-ring (bicyclic) bond motifs is 1. The molecule has 1 aliphatic rings. The van der Waals surface area contributed by atoms with Gasteiger partial charge in [-0.05, 0) is 23.8 Å². The van der Waals surface area contributed by atoms with Crippen molar-refractivity contribution in [2.75, 3.05) is 13.2 Å². The van der Waals surface area contributed by atoms with Gasteiger partial charge in [0.05, 0.1) is 10.5 Å². The van der Waals surface area contributed by atoms with Crippen molar-refractivity contribution in [1.82, 2.24) is 0 Å². The van der Waals surface area contributed by atoms with Crippen molar-refractivity contribution in [3.8, 4) is 11.5 Å². The van der Waals surface area contributed by atoms with Crippen LogP contribution in [0.25, 0.3) is 6.08 Å². The number of nitrogens with zero attached hydrogens (tertiary/aromatic N) is 1. The zero-order valence-electron chi connectivity index (χ0n) is 14.6. The first-order chi connectivity index (χ1) is 13.5. The molecule has 1 heterocycles. The standard InChI is InChI=1S/C20H15NO7/c1-2-8-26-19(22)12-27-15-6-7-16-17(11-15)28-18(20(16)23)10-13-4-3-5-14(9-13)21(24)25/h2-7,9-11H,1,8,12H2/b18-10-. The summed E-state index contributed by atoms with van der Waals surface area (Å²) in [4.78, 5) is 34.3. The average Bonchev–Trinajstić information content (AvgIpc) is 2.99. The Hall–Kier alpha value is -3.94. The van der Waals surface area contributed by atoms with E-state index in [1.165, 1.54) is 48.6 Å². The minimum atomic E-state index is -0.552. The zero-order chi connectivity index (χ0) is 20.1. The number of allylic oxidation sites excluding steroid dienone is 1. The Kier molecular flexibility index (Phi) is 5.50.